The maximum Gasteiger partial charge on any atom is 0.105 e. The summed E-state index contributed by atoms with van der Waals surface area (Å²) in [6, 6.07) is 6.09. The van der Waals surface area contributed by atoms with Gasteiger partial charge in [0.2, 0.25) is 0 Å². The normalized spacial score (nSPS) is 14.6. The van der Waals surface area contributed by atoms with Crippen molar-refractivity contribution in [1.82, 2.24) is 9.88 Å². The predicted octanol–water partition coefficient (Wildman–Crippen LogP) is 1.82. The predicted molar refractivity (Wildman–Crippen MR) is 58.5 cm³/mol. The van der Waals surface area contributed by atoms with Crippen LogP contribution in [0.5, 0.6) is 0 Å². The molecule has 2 heterocycles. The van der Waals surface area contributed by atoms with Gasteiger partial charge in [-0.05, 0) is 29.3 Å². The van der Waals surface area contributed by atoms with Gasteiger partial charge in [-0.2, -0.15) is 5.26 Å². The number of hydrogen-bond donors (Lipinski definition) is 0. The first-order chi connectivity index (χ1) is 7.40. The highest BCUT2D eigenvalue weighted by Gasteiger charge is 2.04. The minimum atomic E-state index is 0.441. The second kappa shape index (κ2) is 4.43. The summed E-state index contributed by atoms with van der Waals surface area (Å²) in [6.45, 7) is 1.23. The molecule has 0 aliphatic carbocycles. The van der Waals surface area contributed by atoms with Gasteiger partial charge < -0.3 is 4.90 Å². The molecule has 0 saturated heterocycles. The Morgan fingerprint density at radius 1 is 1.40 bits per heavy atom. The van der Waals surface area contributed by atoms with Gasteiger partial charge >= 0.3 is 0 Å². The van der Waals surface area contributed by atoms with E-state index in [2.05, 4.69) is 17.1 Å². The van der Waals surface area contributed by atoms with Crippen LogP contribution in [0.1, 0.15) is 5.56 Å². The molecule has 0 spiro atoms. The molecule has 0 bridgehead atoms. The molecule has 3 nitrogen and oxygen atoms in total. The molecule has 2 rings (SSSR count). The second-order valence-corrected chi connectivity index (χ2v) is 3.30. The highest BCUT2D eigenvalue weighted by atomic mass is 15.1. The molecule has 0 saturated carbocycles. The molecule has 0 aromatic carbocycles. The lowest BCUT2D eigenvalue weighted by atomic mass is 10.1. The summed E-state index contributed by atoms with van der Waals surface area (Å²) < 4.78 is 0. The number of rotatable bonds is 2. The van der Waals surface area contributed by atoms with Crippen molar-refractivity contribution >= 4 is 5.57 Å². The number of hydrogen-bond acceptors (Lipinski definition) is 3. The first-order valence-electron chi connectivity index (χ1n) is 4.80. The molecule has 0 radical (unpaired) electrons. The van der Waals surface area contributed by atoms with E-state index < -0.39 is 0 Å². The van der Waals surface area contributed by atoms with Crippen LogP contribution in [0.25, 0.3) is 5.57 Å². The van der Waals surface area contributed by atoms with E-state index in [1.54, 1.807) is 12.4 Å². The molecule has 74 valence electrons. The summed E-state index contributed by atoms with van der Waals surface area (Å²) in [5.41, 5.74) is 2.35. The van der Waals surface area contributed by atoms with Crippen molar-refractivity contribution in [3.63, 3.8) is 0 Å². The molecular weight excluding hydrogens is 186 g/mol. The average Bonchev–Trinajstić information content (AvgIpc) is 2.32. The minimum absolute atomic E-state index is 0.441. The van der Waals surface area contributed by atoms with Crippen molar-refractivity contribution in [2.45, 2.75) is 0 Å². The summed E-state index contributed by atoms with van der Waals surface area (Å²) in [4.78, 5) is 5.94. The lowest BCUT2D eigenvalue weighted by Crippen LogP contribution is -2.19. The zero-order chi connectivity index (χ0) is 10.5. The van der Waals surface area contributed by atoms with Crippen molar-refractivity contribution in [1.29, 1.82) is 5.26 Å². The van der Waals surface area contributed by atoms with Gasteiger partial charge in [0, 0.05) is 25.1 Å². The van der Waals surface area contributed by atoms with E-state index in [4.69, 9.17) is 5.26 Å². The van der Waals surface area contributed by atoms with Crippen LogP contribution in [0, 0.1) is 11.3 Å². The second-order valence-electron chi connectivity index (χ2n) is 3.30. The fourth-order valence-electron chi connectivity index (χ4n) is 1.50. The molecule has 0 unspecified atom stereocenters. The first-order valence-corrected chi connectivity index (χ1v) is 4.80. The molecule has 15 heavy (non-hydrogen) atoms. The third kappa shape index (κ3) is 2.23. The van der Waals surface area contributed by atoms with E-state index in [0.29, 0.717) is 6.54 Å². The Hall–Kier alpha value is -2.08. The van der Waals surface area contributed by atoms with Gasteiger partial charge in [-0.15, -0.1) is 0 Å². The number of pyridine rings is 1. The van der Waals surface area contributed by atoms with E-state index in [9.17, 15) is 0 Å². The Morgan fingerprint density at radius 3 is 2.80 bits per heavy atom. The van der Waals surface area contributed by atoms with Gasteiger partial charge in [0.15, 0.2) is 0 Å². The van der Waals surface area contributed by atoms with E-state index >= 15 is 0 Å². The van der Waals surface area contributed by atoms with Gasteiger partial charge in [0.1, 0.15) is 6.54 Å². The van der Waals surface area contributed by atoms with Gasteiger partial charge in [-0.25, -0.2) is 0 Å². The Kier molecular flexibility index (Phi) is 2.80. The highest BCUT2D eigenvalue weighted by molar-refractivity contribution is 5.74. The zero-order valence-corrected chi connectivity index (χ0v) is 8.30. The van der Waals surface area contributed by atoms with Crippen LogP contribution >= 0.6 is 0 Å². The lowest BCUT2D eigenvalue weighted by Gasteiger charge is -2.19. The Bertz CT molecular complexity index is 426. The molecule has 1 aromatic rings. The lowest BCUT2D eigenvalue weighted by molar-refractivity contribution is 0.464. The van der Waals surface area contributed by atoms with Gasteiger partial charge in [-0.3, -0.25) is 4.98 Å². The summed E-state index contributed by atoms with van der Waals surface area (Å²) in [5.74, 6) is 0. The maximum atomic E-state index is 8.55. The molecule has 0 atom stereocenters. The standard InChI is InChI=1S/C12H11N3/c13-5-10-15-8-3-12(4-9-15)11-1-6-14-7-2-11/h1-4,6-8H,9-10H2. The van der Waals surface area contributed by atoms with Gasteiger partial charge in [-0.1, -0.05) is 6.08 Å². The van der Waals surface area contributed by atoms with Crippen LogP contribution in [-0.2, 0) is 0 Å². The largest absolute Gasteiger partial charge is 0.360 e. The summed E-state index contributed by atoms with van der Waals surface area (Å²) >= 11 is 0. The number of nitriles is 1. The minimum Gasteiger partial charge on any atom is -0.360 e. The van der Waals surface area contributed by atoms with Crippen LogP contribution < -0.4 is 0 Å². The van der Waals surface area contributed by atoms with E-state index in [0.717, 1.165) is 12.1 Å². The molecule has 1 aliphatic heterocycles. The van der Waals surface area contributed by atoms with Gasteiger partial charge in [0.05, 0.1) is 6.07 Å². The molecular formula is C12H11N3. The summed E-state index contributed by atoms with van der Waals surface area (Å²) in [5, 5.41) is 8.55. The number of nitrogens with zero attached hydrogens (tertiary/aromatic N) is 3. The zero-order valence-electron chi connectivity index (χ0n) is 8.30. The fourth-order valence-corrected chi connectivity index (χ4v) is 1.50. The van der Waals surface area contributed by atoms with Crippen LogP contribution in [-0.4, -0.2) is 23.0 Å². The third-order valence-electron chi connectivity index (χ3n) is 2.30. The molecule has 1 aliphatic rings. The molecule has 0 N–H and O–H groups in total. The van der Waals surface area contributed by atoms with Crippen molar-refractivity contribution in [2.75, 3.05) is 13.1 Å². The van der Waals surface area contributed by atoms with Crippen LogP contribution in [0.3, 0.4) is 0 Å². The van der Waals surface area contributed by atoms with E-state index in [1.807, 2.05) is 29.3 Å². The average molecular weight is 197 g/mol. The fraction of sp³-hybridized carbons (Fsp3) is 0.167. The molecule has 1 aromatic heterocycles. The molecule has 0 fully saturated rings. The molecule has 0 amide bonds. The number of aromatic nitrogens is 1. The summed E-state index contributed by atoms with van der Waals surface area (Å²) in [7, 11) is 0. The van der Waals surface area contributed by atoms with Crippen molar-refractivity contribution in [3.05, 3.63) is 48.4 Å². The van der Waals surface area contributed by atoms with E-state index in [-0.39, 0.29) is 0 Å². The highest BCUT2D eigenvalue weighted by Crippen LogP contribution is 2.18. The van der Waals surface area contributed by atoms with Crippen LogP contribution in [0.4, 0.5) is 0 Å². The van der Waals surface area contributed by atoms with Gasteiger partial charge in [0.25, 0.3) is 0 Å². The third-order valence-corrected chi connectivity index (χ3v) is 2.30. The topological polar surface area (TPSA) is 39.9 Å². The van der Waals surface area contributed by atoms with Crippen LogP contribution in [0.15, 0.2) is 42.9 Å². The Labute approximate surface area is 89.0 Å². The van der Waals surface area contributed by atoms with Crippen molar-refractivity contribution in [3.8, 4) is 6.07 Å². The first kappa shape index (κ1) is 9.47. The SMILES string of the molecule is N#CCN1C=CC(c2ccncc2)=CC1. The Morgan fingerprint density at radius 2 is 2.20 bits per heavy atom. The van der Waals surface area contributed by atoms with Crippen molar-refractivity contribution < 1.29 is 0 Å². The molecule has 3 heteroatoms. The quantitative estimate of drug-likeness (QED) is 0.679. The number of allylic oxidation sites excluding steroid dienone is 2. The van der Waals surface area contributed by atoms with E-state index in [1.165, 1.54) is 5.57 Å². The monoisotopic (exact) mass is 197 g/mol. The smallest absolute Gasteiger partial charge is 0.105 e. The maximum absolute atomic E-state index is 8.55. The van der Waals surface area contributed by atoms with Crippen molar-refractivity contribution in [2.24, 2.45) is 0 Å². The Balaban J connectivity index is 2.11. The summed E-state index contributed by atoms with van der Waals surface area (Å²) in [6.07, 6.45) is 9.67. The van der Waals surface area contributed by atoms with Crippen LogP contribution in [0.2, 0.25) is 0 Å².